The van der Waals surface area contributed by atoms with Gasteiger partial charge in [-0.05, 0) is 44.8 Å². The lowest BCUT2D eigenvalue weighted by Gasteiger charge is -2.47. The molecule has 0 radical (unpaired) electrons. The summed E-state index contributed by atoms with van der Waals surface area (Å²) in [6.45, 7) is 15.1. The monoisotopic (exact) mass is 254 g/mol. The molecule has 1 rings (SSSR count). The molecule has 0 aromatic carbocycles. The van der Waals surface area contributed by atoms with Gasteiger partial charge in [0.25, 0.3) is 0 Å². The lowest BCUT2D eigenvalue weighted by atomic mass is 9.81. The van der Waals surface area contributed by atoms with Crippen LogP contribution in [0.1, 0.15) is 66.7 Å². The molecule has 0 bridgehead atoms. The van der Waals surface area contributed by atoms with Gasteiger partial charge in [-0.3, -0.25) is 4.90 Å². The molecule has 1 aliphatic rings. The van der Waals surface area contributed by atoms with Crippen LogP contribution in [-0.4, -0.2) is 36.1 Å². The average Bonchev–Trinajstić information content (AvgIpc) is 2.80. The van der Waals surface area contributed by atoms with Crippen molar-refractivity contribution in [3.8, 4) is 0 Å². The first kappa shape index (κ1) is 16.0. The highest BCUT2D eigenvalue weighted by Crippen LogP contribution is 2.39. The number of likely N-dealkylation sites (N-methyl/N-ethyl adjacent to an activating group) is 2. The lowest BCUT2D eigenvalue weighted by Crippen LogP contribution is -2.60. The van der Waals surface area contributed by atoms with Gasteiger partial charge in [-0.1, -0.05) is 47.5 Å². The summed E-state index contributed by atoms with van der Waals surface area (Å²) in [7, 11) is 0. The van der Waals surface area contributed by atoms with Crippen LogP contribution in [0.15, 0.2) is 0 Å². The summed E-state index contributed by atoms with van der Waals surface area (Å²) in [5, 5.41) is 3.80. The molecule has 1 unspecified atom stereocenters. The molecule has 1 N–H and O–H groups in total. The highest BCUT2D eigenvalue weighted by atomic mass is 15.2. The highest BCUT2D eigenvalue weighted by molar-refractivity contribution is 5.03. The lowest BCUT2D eigenvalue weighted by molar-refractivity contribution is 0.0555. The van der Waals surface area contributed by atoms with Gasteiger partial charge in [0.05, 0.1) is 0 Å². The maximum Gasteiger partial charge on any atom is 0.0362 e. The summed E-state index contributed by atoms with van der Waals surface area (Å²) in [5.41, 5.74) is 0.434. The van der Waals surface area contributed by atoms with Crippen LogP contribution in [-0.2, 0) is 0 Å². The third-order valence-corrected chi connectivity index (χ3v) is 4.67. The van der Waals surface area contributed by atoms with Gasteiger partial charge in [0.2, 0.25) is 0 Å². The molecule has 18 heavy (non-hydrogen) atoms. The predicted octanol–water partition coefficient (Wildman–Crippen LogP) is 3.67. The molecule has 108 valence electrons. The Hall–Kier alpha value is -0.0800. The highest BCUT2D eigenvalue weighted by Gasteiger charge is 2.44. The van der Waals surface area contributed by atoms with Crippen molar-refractivity contribution < 1.29 is 0 Å². The Morgan fingerprint density at radius 3 is 2.00 bits per heavy atom. The van der Waals surface area contributed by atoms with E-state index in [4.69, 9.17) is 0 Å². The topological polar surface area (TPSA) is 15.3 Å². The smallest absolute Gasteiger partial charge is 0.0362 e. The second kappa shape index (κ2) is 7.49. The number of hydrogen-bond acceptors (Lipinski definition) is 2. The number of rotatable bonds is 8. The van der Waals surface area contributed by atoms with Crippen LogP contribution in [0.2, 0.25) is 0 Å². The number of hydrogen-bond donors (Lipinski definition) is 1. The second-order valence-corrected chi connectivity index (χ2v) is 6.22. The van der Waals surface area contributed by atoms with E-state index in [2.05, 4.69) is 44.8 Å². The standard InChI is InChI=1S/C16H34N2/c1-6-17-15(13-14(4)5)16(11-9-10-12-16)18(7-2)8-3/h14-15,17H,6-13H2,1-5H3. The van der Waals surface area contributed by atoms with E-state index >= 15 is 0 Å². The van der Waals surface area contributed by atoms with Crippen LogP contribution >= 0.6 is 0 Å². The molecule has 1 atom stereocenters. The average molecular weight is 254 g/mol. The fourth-order valence-corrected chi connectivity index (χ4v) is 3.94. The van der Waals surface area contributed by atoms with Crippen molar-refractivity contribution in [1.82, 2.24) is 10.2 Å². The summed E-state index contributed by atoms with van der Waals surface area (Å²) in [6, 6.07) is 0.671. The van der Waals surface area contributed by atoms with E-state index in [0.717, 1.165) is 12.5 Å². The molecule has 0 saturated heterocycles. The van der Waals surface area contributed by atoms with Crippen molar-refractivity contribution in [1.29, 1.82) is 0 Å². The Bertz CT molecular complexity index is 215. The van der Waals surface area contributed by atoms with Crippen molar-refractivity contribution in [2.45, 2.75) is 78.3 Å². The third-order valence-electron chi connectivity index (χ3n) is 4.67. The molecule has 2 heteroatoms. The molecule has 0 amide bonds. The van der Waals surface area contributed by atoms with Crippen LogP contribution < -0.4 is 5.32 Å². The summed E-state index contributed by atoms with van der Waals surface area (Å²) < 4.78 is 0. The van der Waals surface area contributed by atoms with E-state index in [9.17, 15) is 0 Å². The Morgan fingerprint density at radius 2 is 1.61 bits per heavy atom. The summed E-state index contributed by atoms with van der Waals surface area (Å²) >= 11 is 0. The third kappa shape index (κ3) is 3.48. The van der Waals surface area contributed by atoms with Crippen molar-refractivity contribution in [2.24, 2.45) is 5.92 Å². The van der Waals surface area contributed by atoms with Crippen molar-refractivity contribution in [2.75, 3.05) is 19.6 Å². The van der Waals surface area contributed by atoms with E-state index in [1.807, 2.05) is 0 Å². The molecule has 0 aliphatic heterocycles. The van der Waals surface area contributed by atoms with Crippen LogP contribution in [0.3, 0.4) is 0 Å². The summed E-state index contributed by atoms with van der Waals surface area (Å²) in [6.07, 6.45) is 6.91. The van der Waals surface area contributed by atoms with E-state index in [-0.39, 0.29) is 0 Å². The molecule has 0 aromatic rings. The summed E-state index contributed by atoms with van der Waals surface area (Å²) in [4.78, 5) is 2.73. The molecule has 1 fully saturated rings. The van der Waals surface area contributed by atoms with E-state index in [1.165, 1.54) is 45.2 Å². The Labute approximate surface area is 115 Å². The molecule has 2 nitrogen and oxygen atoms in total. The van der Waals surface area contributed by atoms with Gasteiger partial charge >= 0.3 is 0 Å². The Morgan fingerprint density at radius 1 is 1.06 bits per heavy atom. The molecule has 1 saturated carbocycles. The first-order chi connectivity index (χ1) is 8.60. The zero-order valence-corrected chi connectivity index (χ0v) is 13.3. The van der Waals surface area contributed by atoms with Crippen molar-refractivity contribution >= 4 is 0 Å². The van der Waals surface area contributed by atoms with E-state index < -0.39 is 0 Å². The van der Waals surface area contributed by atoms with Gasteiger partial charge in [0.1, 0.15) is 0 Å². The quantitative estimate of drug-likeness (QED) is 0.711. The van der Waals surface area contributed by atoms with Gasteiger partial charge in [0.15, 0.2) is 0 Å². The fourth-order valence-electron chi connectivity index (χ4n) is 3.94. The minimum atomic E-state index is 0.434. The molecule has 0 spiro atoms. The summed E-state index contributed by atoms with van der Waals surface area (Å²) in [5.74, 6) is 0.780. The zero-order chi connectivity index (χ0) is 13.6. The Kier molecular flexibility index (Phi) is 6.65. The normalized spacial score (nSPS) is 20.8. The fraction of sp³-hybridized carbons (Fsp3) is 1.00. The molecular formula is C16H34N2. The predicted molar refractivity (Wildman–Crippen MR) is 81.0 cm³/mol. The number of nitrogens with one attached hydrogen (secondary N) is 1. The number of nitrogens with zero attached hydrogens (tertiary/aromatic N) is 1. The maximum atomic E-state index is 3.80. The minimum absolute atomic E-state index is 0.434. The van der Waals surface area contributed by atoms with E-state index in [0.29, 0.717) is 11.6 Å². The van der Waals surface area contributed by atoms with Crippen molar-refractivity contribution in [3.05, 3.63) is 0 Å². The minimum Gasteiger partial charge on any atom is -0.312 e. The van der Waals surface area contributed by atoms with Gasteiger partial charge in [-0.2, -0.15) is 0 Å². The Balaban J connectivity index is 2.90. The SMILES string of the molecule is CCNC(CC(C)C)C1(N(CC)CC)CCCC1. The second-order valence-electron chi connectivity index (χ2n) is 6.22. The van der Waals surface area contributed by atoms with Gasteiger partial charge in [0, 0.05) is 11.6 Å². The van der Waals surface area contributed by atoms with Crippen LogP contribution in [0.5, 0.6) is 0 Å². The van der Waals surface area contributed by atoms with Gasteiger partial charge in [-0.25, -0.2) is 0 Å². The molecule has 0 heterocycles. The molecule has 0 aromatic heterocycles. The van der Waals surface area contributed by atoms with Gasteiger partial charge < -0.3 is 5.32 Å². The largest absolute Gasteiger partial charge is 0.312 e. The van der Waals surface area contributed by atoms with Gasteiger partial charge in [-0.15, -0.1) is 0 Å². The molecular weight excluding hydrogens is 220 g/mol. The van der Waals surface area contributed by atoms with Crippen LogP contribution in [0.4, 0.5) is 0 Å². The van der Waals surface area contributed by atoms with Crippen LogP contribution in [0, 0.1) is 5.92 Å². The van der Waals surface area contributed by atoms with Crippen LogP contribution in [0.25, 0.3) is 0 Å². The van der Waals surface area contributed by atoms with E-state index in [1.54, 1.807) is 0 Å². The maximum absolute atomic E-state index is 3.80. The first-order valence-electron chi connectivity index (χ1n) is 8.09. The first-order valence-corrected chi connectivity index (χ1v) is 8.09. The zero-order valence-electron chi connectivity index (χ0n) is 13.3. The molecule has 1 aliphatic carbocycles. The van der Waals surface area contributed by atoms with Crippen molar-refractivity contribution in [3.63, 3.8) is 0 Å².